The molecular weight excluding hydrogens is 276 g/mol. The van der Waals surface area contributed by atoms with Crippen molar-refractivity contribution < 1.29 is 9.53 Å². The smallest absolute Gasteiger partial charge is 0.253 e. The van der Waals surface area contributed by atoms with Crippen LogP contribution in [0.15, 0.2) is 24.3 Å². The first-order valence-corrected chi connectivity index (χ1v) is 8.39. The van der Waals surface area contributed by atoms with Crippen LogP contribution in [0.2, 0.25) is 0 Å². The van der Waals surface area contributed by atoms with Crippen molar-refractivity contribution in [3.63, 3.8) is 0 Å². The third kappa shape index (κ3) is 4.47. The fourth-order valence-corrected chi connectivity index (χ4v) is 2.83. The van der Waals surface area contributed by atoms with Crippen molar-refractivity contribution in [1.82, 2.24) is 4.90 Å². The highest BCUT2D eigenvalue weighted by Crippen LogP contribution is 2.21. The zero-order valence-electron chi connectivity index (χ0n) is 13.8. The van der Waals surface area contributed by atoms with E-state index in [0.29, 0.717) is 5.92 Å². The summed E-state index contributed by atoms with van der Waals surface area (Å²) in [5.41, 5.74) is 6.72. The molecule has 0 spiro atoms. The Bertz CT molecular complexity index is 470. The monoisotopic (exact) mass is 304 g/mol. The Balaban J connectivity index is 1.94. The van der Waals surface area contributed by atoms with E-state index in [4.69, 9.17) is 10.5 Å². The molecule has 122 valence electrons. The second-order valence-electron chi connectivity index (χ2n) is 6.24. The number of hydrogen-bond donors (Lipinski definition) is 1. The quantitative estimate of drug-likeness (QED) is 0.822. The number of carbonyl (C=O) groups is 1. The molecule has 0 bridgehead atoms. The average Bonchev–Trinajstić information content (AvgIpc) is 2.55. The third-order valence-corrected chi connectivity index (χ3v) is 4.36. The summed E-state index contributed by atoms with van der Waals surface area (Å²) < 4.78 is 5.63. The molecule has 2 unspecified atom stereocenters. The van der Waals surface area contributed by atoms with Gasteiger partial charge in [0.25, 0.3) is 5.91 Å². The van der Waals surface area contributed by atoms with Gasteiger partial charge in [-0.15, -0.1) is 0 Å². The third-order valence-electron chi connectivity index (χ3n) is 4.36. The average molecular weight is 304 g/mol. The van der Waals surface area contributed by atoms with E-state index in [1.807, 2.05) is 36.1 Å². The number of unbranched alkanes of at least 4 members (excludes halogenated alkanes) is 1. The van der Waals surface area contributed by atoms with Crippen molar-refractivity contribution in [3.8, 4) is 5.75 Å². The van der Waals surface area contributed by atoms with Gasteiger partial charge in [0.2, 0.25) is 0 Å². The first-order valence-electron chi connectivity index (χ1n) is 8.39. The normalized spacial score (nSPS) is 19.8. The van der Waals surface area contributed by atoms with Gasteiger partial charge in [0.1, 0.15) is 5.75 Å². The number of carbonyl (C=O) groups excluding carboxylic acids is 1. The lowest BCUT2D eigenvalue weighted by atomic mass is 9.92. The van der Waals surface area contributed by atoms with Crippen molar-refractivity contribution in [2.45, 2.75) is 45.6 Å². The van der Waals surface area contributed by atoms with Crippen LogP contribution in [-0.4, -0.2) is 36.5 Å². The Morgan fingerprint density at radius 2 is 2.14 bits per heavy atom. The van der Waals surface area contributed by atoms with Gasteiger partial charge in [-0.3, -0.25) is 4.79 Å². The highest BCUT2D eigenvalue weighted by molar-refractivity contribution is 5.94. The molecule has 4 heteroatoms. The summed E-state index contributed by atoms with van der Waals surface area (Å²) in [6.45, 7) is 6.49. The van der Waals surface area contributed by atoms with Crippen LogP contribution in [0.3, 0.4) is 0 Å². The van der Waals surface area contributed by atoms with Gasteiger partial charge in [-0.05, 0) is 56.4 Å². The van der Waals surface area contributed by atoms with Crippen LogP contribution in [-0.2, 0) is 0 Å². The molecule has 4 nitrogen and oxygen atoms in total. The molecule has 1 aliphatic heterocycles. The number of amides is 1. The van der Waals surface area contributed by atoms with Gasteiger partial charge in [-0.1, -0.05) is 13.3 Å². The fourth-order valence-electron chi connectivity index (χ4n) is 2.83. The first-order chi connectivity index (χ1) is 10.6. The van der Waals surface area contributed by atoms with E-state index in [-0.39, 0.29) is 11.9 Å². The summed E-state index contributed by atoms with van der Waals surface area (Å²) >= 11 is 0. The van der Waals surface area contributed by atoms with Crippen LogP contribution < -0.4 is 10.5 Å². The number of likely N-dealkylation sites (tertiary alicyclic amines) is 1. The van der Waals surface area contributed by atoms with Crippen molar-refractivity contribution >= 4 is 5.91 Å². The summed E-state index contributed by atoms with van der Waals surface area (Å²) in [4.78, 5) is 14.5. The maximum Gasteiger partial charge on any atom is 0.253 e. The molecule has 2 rings (SSSR count). The summed E-state index contributed by atoms with van der Waals surface area (Å²) in [5.74, 6) is 1.34. The van der Waals surface area contributed by atoms with Crippen LogP contribution in [0.1, 0.15) is 49.9 Å². The van der Waals surface area contributed by atoms with E-state index >= 15 is 0 Å². The van der Waals surface area contributed by atoms with Gasteiger partial charge in [-0.25, -0.2) is 0 Å². The Hall–Kier alpha value is -1.55. The van der Waals surface area contributed by atoms with Crippen molar-refractivity contribution in [1.29, 1.82) is 0 Å². The maximum absolute atomic E-state index is 12.6. The van der Waals surface area contributed by atoms with Crippen LogP contribution in [0.4, 0.5) is 0 Å². The molecule has 1 fully saturated rings. The van der Waals surface area contributed by atoms with Crippen LogP contribution in [0, 0.1) is 5.92 Å². The lowest BCUT2D eigenvalue weighted by Gasteiger charge is -2.34. The molecule has 2 N–H and O–H groups in total. The van der Waals surface area contributed by atoms with Crippen LogP contribution >= 0.6 is 0 Å². The van der Waals surface area contributed by atoms with Crippen molar-refractivity contribution in [3.05, 3.63) is 29.8 Å². The highest BCUT2D eigenvalue weighted by Gasteiger charge is 2.26. The van der Waals surface area contributed by atoms with E-state index in [2.05, 4.69) is 6.92 Å². The van der Waals surface area contributed by atoms with E-state index < -0.39 is 0 Å². The van der Waals surface area contributed by atoms with Gasteiger partial charge < -0.3 is 15.4 Å². The largest absolute Gasteiger partial charge is 0.494 e. The van der Waals surface area contributed by atoms with Crippen LogP contribution in [0.5, 0.6) is 5.75 Å². The zero-order valence-corrected chi connectivity index (χ0v) is 13.8. The first kappa shape index (κ1) is 16.8. The van der Waals surface area contributed by atoms with Gasteiger partial charge in [0.05, 0.1) is 6.61 Å². The molecular formula is C18H28N2O2. The number of piperidine rings is 1. The summed E-state index contributed by atoms with van der Waals surface area (Å²) in [6.07, 6.45) is 4.32. The molecule has 0 aromatic heterocycles. The van der Waals surface area contributed by atoms with E-state index in [9.17, 15) is 4.79 Å². The predicted molar refractivity (Wildman–Crippen MR) is 89.1 cm³/mol. The Labute approximate surface area is 133 Å². The lowest BCUT2D eigenvalue weighted by molar-refractivity contribution is 0.0661. The predicted octanol–water partition coefficient (Wildman–Crippen LogP) is 3.06. The van der Waals surface area contributed by atoms with Crippen molar-refractivity contribution in [2.75, 3.05) is 19.7 Å². The van der Waals surface area contributed by atoms with Gasteiger partial charge in [0, 0.05) is 24.7 Å². The Morgan fingerprint density at radius 3 is 2.77 bits per heavy atom. The van der Waals surface area contributed by atoms with E-state index in [1.54, 1.807) is 0 Å². The summed E-state index contributed by atoms with van der Waals surface area (Å²) in [5, 5.41) is 0. The number of hydrogen-bond acceptors (Lipinski definition) is 3. The number of rotatable bonds is 6. The Kier molecular flexibility index (Phi) is 6.25. The topological polar surface area (TPSA) is 55.6 Å². The maximum atomic E-state index is 12.6. The highest BCUT2D eigenvalue weighted by atomic mass is 16.5. The fraction of sp³-hybridized carbons (Fsp3) is 0.611. The van der Waals surface area contributed by atoms with Gasteiger partial charge in [0.15, 0.2) is 0 Å². The van der Waals surface area contributed by atoms with Crippen LogP contribution in [0.25, 0.3) is 0 Å². The molecule has 22 heavy (non-hydrogen) atoms. The molecule has 1 heterocycles. The lowest BCUT2D eigenvalue weighted by Crippen LogP contribution is -2.45. The minimum atomic E-state index is 0.102. The standard InChI is InChI=1S/C18H28N2O2/c1-3-4-12-22-17-9-7-15(8-10-17)18(21)20-11-5-6-16(13-20)14(2)19/h7-10,14,16H,3-6,11-13,19H2,1-2H3. The minimum Gasteiger partial charge on any atom is -0.494 e. The van der Waals surface area contributed by atoms with Gasteiger partial charge >= 0.3 is 0 Å². The van der Waals surface area contributed by atoms with E-state index in [0.717, 1.165) is 56.7 Å². The number of benzene rings is 1. The molecule has 0 radical (unpaired) electrons. The number of ether oxygens (including phenoxy) is 1. The summed E-state index contributed by atoms with van der Waals surface area (Å²) in [7, 11) is 0. The van der Waals surface area contributed by atoms with Crippen molar-refractivity contribution in [2.24, 2.45) is 11.7 Å². The molecule has 1 aliphatic rings. The van der Waals surface area contributed by atoms with E-state index in [1.165, 1.54) is 0 Å². The molecule has 0 aliphatic carbocycles. The van der Waals surface area contributed by atoms with Gasteiger partial charge in [-0.2, -0.15) is 0 Å². The molecule has 1 aromatic carbocycles. The summed E-state index contributed by atoms with van der Waals surface area (Å²) in [6, 6.07) is 7.63. The SMILES string of the molecule is CCCCOc1ccc(C(=O)N2CCCC(C(C)N)C2)cc1. The molecule has 2 atom stereocenters. The zero-order chi connectivity index (χ0) is 15.9. The molecule has 1 amide bonds. The molecule has 1 aromatic rings. The number of nitrogens with two attached hydrogens (primary N) is 1. The second-order valence-corrected chi connectivity index (χ2v) is 6.24. The Morgan fingerprint density at radius 1 is 1.41 bits per heavy atom. The number of nitrogens with zero attached hydrogens (tertiary/aromatic N) is 1. The second kappa shape index (κ2) is 8.18. The minimum absolute atomic E-state index is 0.102. The molecule has 1 saturated heterocycles. The molecule has 0 saturated carbocycles.